The van der Waals surface area contributed by atoms with E-state index in [0.29, 0.717) is 0 Å². The molecule has 0 radical (unpaired) electrons. The van der Waals surface area contributed by atoms with Gasteiger partial charge in [0.25, 0.3) is 0 Å². The third kappa shape index (κ3) is 2.66. The van der Waals surface area contributed by atoms with Gasteiger partial charge in [-0.05, 0) is 31.9 Å². The standard InChI is InChI=1S/C17H19N5O/c1-11-14-8-12(2-3-15(14)21-20-11)16-9-18-10-17(19-16)22-6-4-13(23)5-7-22/h2-3,8-10,13,23H,4-7H2,1H3,(H,20,21). The molecule has 6 heteroatoms. The van der Waals surface area contributed by atoms with Crippen LogP contribution in [0.4, 0.5) is 5.82 Å². The van der Waals surface area contributed by atoms with E-state index in [9.17, 15) is 5.11 Å². The minimum absolute atomic E-state index is 0.186. The van der Waals surface area contributed by atoms with Gasteiger partial charge in [-0.3, -0.25) is 10.1 Å². The summed E-state index contributed by atoms with van der Waals surface area (Å²) in [5, 5.41) is 18.0. The van der Waals surface area contributed by atoms with E-state index in [-0.39, 0.29) is 6.10 Å². The molecule has 0 amide bonds. The summed E-state index contributed by atoms with van der Waals surface area (Å²) in [4.78, 5) is 11.3. The molecule has 1 aromatic carbocycles. The lowest BCUT2D eigenvalue weighted by molar-refractivity contribution is 0.145. The Morgan fingerprint density at radius 3 is 2.87 bits per heavy atom. The van der Waals surface area contributed by atoms with Crippen LogP contribution in [0, 0.1) is 6.92 Å². The van der Waals surface area contributed by atoms with Crippen LogP contribution in [0.3, 0.4) is 0 Å². The number of anilines is 1. The zero-order chi connectivity index (χ0) is 15.8. The maximum absolute atomic E-state index is 9.64. The first kappa shape index (κ1) is 14.1. The smallest absolute Gasteiger partial charge is 0.147 e. The maximum Gasteiger partial charge on any atom is 0.147 e. The van der Waals surface area contributed by atoms with Crippen LogP contribution in [-0.2, 0) is 0 Å². The van der Waals surface area contributed by atoms with Gasteiger partial charge in [0.15, 0.2) is 0 Å². The Bertz CT molecular complexity index is 836. The van der Waals surface area contributed by atoms with E-state index in [1.165, 1.54) is 0 Å². The van der Waals surface area contributed by atoms with Crippen molar-refractivity contribution in [2.75, 3.05) is 18.0 Å². The number of aliphatic hydroxyl groups excluding tert-OH is 1. The monoisotopic (exact) mass is 309 g/mol. The highest BCUT2D eigenvalue weighted by Crippen LogP contribution is 2.25. The highest BCUT2D eigenvalue weighted by Gasteiger charge is 2.18. The van der Waals surface area contributed by atoms with Gasteiger partial charge in [0.05, 0.1) is 29.7 Å². The first-order valence-electron chi connectivity index (χ1n) is 7.91. The van der Waals surface area contributed by atoms with E-state index in [1.807, 2.05) is 19.1 Å². The number of benzene rings is 1. The molecule has 0 aliphatic carbocycles. The van der Waals surface area contributed by atoms with Crippen LogP contribution in [0.15, 0.2) is 30.6 Å². The minimum atomic E-state index is -0.186. The van der Waals surface area contributed by atoms with Crippen molar-refractivity contribution in [3.63, 3.8) is 0 Å². The minimum Gasteiger partial charge on any atom is -0.393 e. The van der Waals surface area contributed by atoms with E-state index in [0.717, 1.165) is 59.6 Å². The average molecular weight is 309 g/mol. The van der Waals surface area contributed by atoms with Gasteiger partial charge in [0, 0.05) is 29.7 Å². The maximum atomic E-state index is 9.64. The highest BCUT2D eigenvalue weighted by atomic mass is 16.3. The van der Waals surface area contributed by atoms with Crippen molar-refractivity contribution < 1.29 is 5.11 Å². The zero-order valence-corrected chi connectivity index (χ0v) is 13.0. The molecule has 0 unspecified atom stereocenters. The van der Waals surface area contributed by atoms with Crippen molar-refractivity contribution in [2.24, 2.45) is 0 Å². The second kappa shape index (κ2) is 5.62. The van der Waals surface area contributed by atoms with Gasteiger partial charge in [-0.15, -0.1) is 0 Å². The number of hydrogen-bond donors (Lipinski definition) is 2. The summed E-state index contributed by atoms with van der Waals surface area (Å²) >= 11 is 0. The molecule has 6 nitrogen and oxygen atoms in total. The van der Waals surface area contributed by atoms with E-state index in [1.54, 1.807) is 12.4 Å². The molecule has 1 saturated heterocycles. The zero-order valence-electron chi connectivity index (χ0n) is 13.0. The molecule has 118 valence electrons. The summed E-state index contributed by atoms with van der Waals surface area (Å²) < 4.78 is 0. The Labute approximate surface area is 134 Å². The molecule has 4 rings (SSSR count). The molecule has 0 atom stereocenters. The van der Waals surface area contributed by atoms with Crippen LogP contribution < -0.4 is 4.90 Å². The number of fused-ring (bicyclic) bond motifs is 1. The van der Waals surface area contributed by atoms with Crippen LogP contribution in [-0.4, -0.2) is 44.5 Å². The Kier molecular flexibility index (Phi) is 3.46. The summed E-state index contributed by atoms with van der Waals surface area (Å²) in [6.45, 7) is 3.65. The third-order valence-corrected chi connectivity index (χ3v) is 4.45. The SMILES string of the molecule is Cc1[nH]nc2ccc(-c3cncc(N4CCC(O)CC4)n3)cc12. The first-order valence-corrected chi connectivity index (χ1v) is 7.91. The number of aryl methyl sites for hydroxylation is 1. The van der Waals surface area contributed by atoms with Crippen molar-refractivity contribution in [3.05, 3.63) is 36.3 Å². The third-order valence-electron chi connectivity index (χ3n) is 4.45. The van der Waals surface area contributed by atoms with Gasteiger partial charge in [-0.1, -0.05) is 6.07 Å². The second-order valence-corrected chi connectivity index (χ2v) is 6.06. The molecule has 23 heavy (non-hydrogen) atoms. The fraction of sp³-hybridized carbons (Fsp3) is 0.353. The Morgan fingerprint density at radius 1 is 1.22 bits per heavy atom. The number of aromatic amines is 1. The van der Waals surface area contributed by atoms with Crippen molar-refractivity contribution in [2.45, 2.75) is 25.9 Å². The first-order chi connectivity index (χ1) is 11.2. The fourth-order valence-electron chi connectivity index (χ4n) is 3.04. The second-order valence-electron chi connectivity index (χ2n) is 6.06. The van der Waals surface area contributed by atoms with Gasteiger partial charge < -0.3 is 10.0 Å². The Hall–Kier alpha value is -2.47. The van der Waals surface area contributed by atoms with Crippen molar-refractivity contribution in [1.29, 1.82) is 0 Å². The summed E-state index contributed by atoms with van der Waals surface area (Å²) in [5.74, 6) is 0.874. The molecule has 1 aliphatic heterocycles. The van der Waals surface area contributed by atoms with E-state index < -0.39 is 0 Å². The van der Waals surface area contributed by atoms with E-state index in [4.69, 9.17) is 4.98 Å². The van der Waals surface area contributed by atoms with Crippen molar-refractivity contribution in [3.8, 4) is 11.3 Å². The fourth-order valence-corrected chi connectivity index (χ4v) is 3.04. The predicted molar refractivity (Wildman–Crippen MR) is 89.3 cm³/mol. The van der Waals surface area contributed by atoms with Crippen LogP contribution >= 0.6 is 0 Å². The molecule has 1 fully saturated rings. The van der Waals surface area contributed by atoms with Crippen molar-refractivity contribution >= 4 is 16.7 Å². The van der Waals surface area contributed by atoms with Gasteiger partial charge in [0.1, 0.15) is 5.82 Å². The Morgan fingerprint density at radius 2 is 2.04 bits per heavy atom. The lowest BCUT2D eigenvalue weighted by Gasteiger charge is -2.30. The van der Waals surface area contributed by atoms with Gasteiger partial charge in [-0.2, -0.15) is 5.10 Å². The van der Waals surface area contributed by atoms with Crippen LogP contribution in [0.2, 0.25) is 0 Å². The largest absolute Gasteiger partial charge is 0.393 e. The number of nitrogens with one attached hydrogen (secondary N) is 1. The summed E-state index contributed by atoms with van der Waals surface area (Å²) in [7, 11) is 0. The van der Waals surface area contributed by atoms with Crippen LogP contribution in [0.25, 0.3) is 22.2 Å². The summed E-state index contributed by atoms with van der Waals surface area (Å²) in [6.07, 6.45) is 4.97. The van der Waals surface area contributed by atoms with Crippen LogP contribution in [0.5, 0.6) is 0 Å². The number of rotatable bonds is 2. The lowest BCUT2D eigenvalue weighted by atomic mass is 10.1. The van der Waals surface area contributed by atoms with Gasteiger partial charge in [0.2, 0.25) is 0 Å². The molecule has 2 aromatic heterocycles. The Balaban J connectivity index is 1.68. The van der Waals surface area contributed by atoms with Gasteiger partial charge >= 0.3 is 0 Å². The molecular weight excluding hydrogens is 290 g/mol. The topological polar surface area (TPSA) is 77.9 Å². The molecule has 3 heterocycles. The van der Waals surface area contributed by atoms with E-state index in [2.05, 4.69) is 26.1 Å². The number of aromatic nitrogens is 4. The average Bonchev–Trinajstić information content (AvgIpc) is 2.96. The van der Waals surface area contributed by atoms with Crippen LogP contribution in [0.1, 0.15) is 18.5 Å². The van der Waals surface area contributed by atoms with Gasteiger partial charge in [-0.25, -0.2) is 4.98 Å². The molecular formula is C17H19N5O. The quantitative estimate of drug-likeness (QED) is 0.759. The number of nitrogens with zero attached hydrogens (tertiary/aromatic N) is 4. The molecule has 0 saturated carbocycles. The summed E-state index contributed by atoms with van der Waals surface area (Å²) in [5.41, 5.74) is 3.90. The molecule has 1 aliphatic rings. The number of hydrogen-bond acceptors (Lipinski definition) is 5. The molecule has 3 aromatic rings. The number of piperidine rings is 1. The molecule has 0 spiro atoms. The normalized spacial score (nSPS) is 16.2. The lowest BCUT2D eigenvalue weighted by Crippen LogP contribution is -2.36. The number of aliphatic hydroxyl groups is 1. The molecule has 2 N–H and O–H groups in total. The van der Waals surface area contributed by atoms with Crippen molar-refractivity contribution in [1.82, 2.24) is 20.2 Å². The van der Waals surface area contributed by atoms with E-state index >= 15 is 0 Å². The number of H-pyrrole nitrogens is 1. The predicted octanol–water partition coefficient (Wildman–Crippen LogP) is 2.29. The summed E-state index contributed by atoms with van der Waals surface area (Å²) in [6, 6.07) is 6.12. The highest BCUT2D eigenvalue weighted by molar-refractivity contribution is 5.85. The molecule has 0 bridgehead atoms.